The lowest BCUT2D eigenvalue weighted by molar-refractivity contribution is 0.303. The standard InChI is InChI=1S/C10H20N2/c1-2-3-8-4-6-9(7-5-8)10(11)12/h8-9H,2-7H2,1H3,(H3,11,12). The fraction of sp³-hybridized carbons (Fsp3) is 0.900. The lowest BCUT2D eigenvalue weighted by Gasteiger charge is -2.27. The van der Waals surface area contributed by atoms with Crippen LogP contribution in [0.25, 0.3) is 0 Å². The quantitative estimate of drug-likeness (QED) is 0.494. The van der Waals surface area contributed by atoms with E-state index in [4.69, 9.17) is 11.1 Å². The summed E-state index contributed by atoms with van der Waals surface area (Å²) >= 11 is 0. The Bertz CT molecular complexity index is 146. The number of rotatable bonds is 3. The molecule has 1 rings (SSSR count). The SMILES string of the molecule is CCCC1CCC(C(=N)N)CC1. The molecule has 0 atom stereocenters. The van der Waals surface area contributed by atoms with Gasteiger partial charge in [-0.1, -0.05) is 19.8 Å². The molecular formula is C10H20N2. The van der Waals surface area contributed by atoms with Crippen molar-refractivity contribution < 1.29 is 0 Å². The van der Waals surface area contributed by atoms with Crippen LogP contribution in [0.4, 0.5) is 0 Å². The number of hydrogen-bond donors (Lipinski definition) is 2. The summed E-state index contributed by atoms with van der Waals surface area (Å²) in [7, 11) is 0. The molecule has 1 aliphatic rings. The zero-order valence-corrected chi connectivity index (χ0v) is 7.97. The smallest absolute Gasteiger partial charge is 0.0936 e. The van der Waals surface area contributed by atoms with Gasteiger partial charge in [-0.3, -0.25) is 5.41 Å². The second kappa shape index (κ2) is 4.48. The number of nitrogens with two attached hydrogens (primary N) is 1. The summed E-state index contributed by atoms with van der Waals surface area (Å²) in [4.78, 5) is 0. The lowest BCUT2D eigenvalue weighted by atomic mass is 9.80. The molecule has 0 aromatic rings. The first-order chi connectivity index (χ1) is 5.74. The Labute approximate surface area is 75.0 Å². The van der Waals surface area contributed by atoms with Crippen LogP contribution in [0.3, 0.4) is 0 Å². The Kier molecular flexibility index (Phi) is 3.57. The predicted molar refractivity (Wildman–Crippen MR) is 52.3 cm³/mol. The van der Waals surface area contributed by atoms with E-state index in [1.54, 1.807) is 0 Å². The summed E-state index contributed by atoms with van der Waals surface area (Å²) < 4.78 is 0. The fourth-order valence-corrected chi connectivity index (χ4v) is 2.17. The highest BCUT2D eigenvalue weighted by atomic mass is 14.7. The maximum atomic E-state index is 7.33. The van der Waals surface area contributed by atoms with Crippen LogP contribution >= 0.6 is 0 Å². The molecule has 0 aromatic carbocycles. The number of nitrogens with one attached hydrogen (secondary N) is 1. The molecule has 70 valence electrons. The van der Waals surface area contributed by atoms with Crippen molar-refractivity contribution in [2.75, 3.05) is 0 Å². The molecule has 1 aliphatic carbocycles. The summed E-state index contributed by atoms with van der Waals surface area (Å²) in [5.74, 6) is 1.73. The van der Waals surface area contributed by atoms with Gasteiger partial charge in [-0.05, 0) is 31.6 Å². The monoisotopic (exact) mass is 168 g/mol. The summed E-state index contributed by atoms with van der Waals surface area (Å²) in [5, 5.41) is 7.33. The molecule has 0 bridgehead atoms. The van der Waals surface area contributed by atoms with E-state index >= 15 is 0 Å². The average Bonchev–Trinajstić information content (AvgIpc) is 2.06. The van der Waals surface area contributed by atoms with Crippen LogP contribution in [0.15, 0.2) is 0 Å². The maximum Gasteiger partial charge on any atom is 0.0936 e. The van der Waals surface area contributed by atoms with Crippen LogP contribution in [-0.2, 0) is 0 Å². The van der Waals surface area contributed by atoms with Crippen molar-refractivity contribution in [3.05, 3.63) is 0 Å². The molecule has 0 aromatic heterocycles. The van der Waals surface area contributed by atoms with Gasteiger partial charge in [-0.15, -0.1) is 0 Å². The van der Waals surface area contributed by atoms with E-state index in [-0.39, 0.29) is 0 Å². The molecular weight excluding hydrogens is 148 g/mol. The third-order valence-electron chi connectivity index (χ3n) is 2.98. The zero-order valence-electron chi connectivity index (χ0n) is 7.97. The Morgan fingerprint density at radius 1 is 1.33 bits per heavy atom. The molecule has 0 radical (unpaired) electrons. The highest BCUT2D eigenvalue weighted by Crippen LogP contribution is 2.31. The summed E-state index contributed by atoms with van der Waals surface area (Å²) in [5.41, 5.74) is 5.47. The van der Waals surface area contributed by atoms with Gasteiger partial charge in [0.05, 0.1) is 5.84 Å². The molecule has 0 spiro atoms. The van der Waals surface area contributed by atoms with Crippen LogP contribution in [0, 0.1) is 17.2 Å². The minimum absolute atomic E-state index is 0.401. The topological polar surface area (TPSA) is 49.9 Å². The first kappa shape index (κ1) is 9.56. The molecule has 0 saturated heterocycles. The van der Waals surface area contributed by atoms with Gasteiger partial charge in [0, 0.05) is 5.92 Å². The molecule has 12 heavy (non-hydrogen) atoms. The van der Waals surface area contributed by atoms with Gasteiger partial charge >= 0.3 is 0 Å². The third kappa shape index (κ3) is 2.50. The normalized spacial score (nSPS) is 30.1. The van der Waals surface area contributed by atoms with E-state index in [1.807, 2.05) is 0 Å². The van der Waals surface area contributed by atoms with Crippen molar-refractivity contribution in [3.8, 4) is 0 Å². The Balaban J connectivity index is 2.25. The zero-order chi connectivity index (χ0) is 8.97. The fourth-order valence-electron chi connectivity index (χ4n) is 2.17. The molecule has 3 N–H and O–H groups in total. The highest BCUT2D eigenvalue weighted by molar-refractivity contribution is 5.79. The van der Waals surface area contributed by atoms with E-state index in [2.05, 4.69) is 6.92 Å². The number of amidine groups is 1. The van der Waals surface area contributed by atoms with Crippen LogP contribution in [0.5, 0.6) is 0 Å². The number of hydrogen-bond acceptors (Lipinski definition) is 1. The van der Waals surface area contributed by atoms with Crippen molar-refractivity contribution in [1.82, 2.24) is 0 Å². The maximum absolute atomic E-state index is 7.33. The Hall–Kier alpha value is -0.530. The van der Waals surface area contributed by atoms with Crippen molar-refractivity contribution in [1.29, 1.82) is 5.41 Å². The third-order valence-corrected chi connectivity index (χ3v) is 2.98. The second-order valence-corrected chi connectivity index (χ2v) is 3.96. The van der Waals surface area contributed by atoms with Gasteiger partial charge in [-0.25, -0.2) is 0 Å². The minimum Gasteiger partial charge on any atom is -0.387 e. The van der Waals surface area contributed by atoms with E-state index in [9.17, 15) is 0 Å². The molecule has 2 nitrogen and oxygen atoms in total. The van der Waals surface area contributed by atoms with Crippen molar-refractivity contribution in [3.63, 3.8) is 0 Å². The molecule has 1 fully saturated rings. The van der Waals surface area contributed by atoms with E-state index in [0.29, 0.717) is 11.8 Å². The Morgan fingerprint density at radius 3 is 2.33 bits per heavy atom. The second-order valence-electron chi connectivity index (χ2n) is 3.96. The van der Waals surface area contributed by atoms with Crippen LogP contribution in [0.1, 0.15) is 45.4 Å². The minimum atomic E-state index is 0.401. The van der Waals surface area contributed by atoms with Gasteiger partial charge in [-0.2, -0.15) is 0 Å². The van der Waals surface area contributed by atoms with E-state index < -0.39 is 0 Å². The van der Waals surface area contributed by atoms with Gasteiger partial charge in [0.2, 0.25) is 0 Å². The van der Waals surface area contributed by atoms with Crippen molar-refractivity contribution >= 4 is 5.84 Å². The largest absolute Gasteiger partial charge is 0.387 e. The molecule has 1 saturated carbocycles. The first-order valence-corrected chi connectivity index (χ1v) is 5.08. The van der Waals surface area contributed by atoms with Gasteiger partial charge < -0.3 is 5.73 Å². The molecule has 2 heteroatoms. The molecule has 0 amide bonds. The van der Waals surface area contributed by atoms with Crippen LogP contribution < -0.4 is 5.73 Å². The Morgan fingerprint density at radius 2 is 1.92 bits per heavy atom. The van der Waals surface area contributed by atoms with Gasteiger partial charge in [0.25, 0.3) is 0 Å². The summed E-state index contributed by atoms with van der Waals surface area (Å²) in [6, 6.07) is 0. The molecule has 0 unspecified atom stereocenters. The lowest BCUT2D eigenvalue weighted by Crippen LogP contribution is -2.26. The summed E-state index contributed by atoms with van der Waals surface area (Å²) in [6.07, 6.45) is 7.55. The first-order valence-electron chi connectivity index (χ1n) is 5.08. The molecule has 0 heterocycles. The van der Waals surface area contributed by atoms with Crippen molar-refractivity contribution in [2.45, 2.75) is 45.4 Å². The average molecular weight is 168 g/mol. The molecule has 0 aliphatic heterocycles. The highest BCUT2D eigenvalue weighted by Gasteiger charge is 2.21. The summed E-state index contributed by atoms with van der Waals surface area (Å²) in [6.45, 7) is 2.25. The van der Waals surface area contributed by atoms with Gasteiger partial charge in [0.1, 0.15) is 0 Å². The van der Waals surface area contributed by atoms with Gasteiger partial charge in [0.15, 0.2) is 0 Å². The van der Waals surface area contributed by atoms with E-state index in [0.717, 1.165) is 18.8 Å². The van der Waals surface area contributed by atoms with E-state index in [1.165, 1.54) is 25.7 Å². The van der Waals surface area contributed by atoms with Crippen molar-refractivity contribution in [2.24, 2.45) is 17.6 Å². The van der Waals surface area contributed by atoms with Crippen LogP contribution in [0.2, 0.25) is 0 Å². The van der Waals surface area contributed by atoms with Crippen LogP contribution in [-0.4, -0.2) is 5.84 Å². The predicted octanol–water partition coefficient (Wildman–Crippen LogP) is 2.53.